The topological polar surface area (TPSA) is 43.4 Å². The van der Waals surface area contributed by atoms with Crippen LogP contribution in [-0.4, -0.2) is 18.2 Å². The van der Waals surface area contributed by atoms with Crippen molar-refractivity contribution < 1.29 is 14.3 Å². The van der Waals surface area contributed by atoms with Crippen LogP contribution < -0.4 is 0 Å². The Morgan fingerprint density at radius 2 is 1.71 bits per heavy atom. The molecule has 3 nitrogen and oxygen atoms in total. The summed E-state index contributed by atoms with van der Waals surface area (Å²) in [5, 5.41) is 0. The molecular weight excluding hydrogens is 216 g/mol. The van der Waals surface area contributed by atoms with Gasteiger partial charge >= 0.3 is 0 Å². The van der Waals surface area contributed by atoms with Crippen LogP contribution in [0.2, 0.25) is 0 Å². The fourth-order valence-electron chi connectivity index (χ4n) is 1.43. The van der Waals surface area contributed by atoms with Crippen LogP contribution in [0.25, 0.3) is 0 Å². The molecule has 0 N–H and O–H groups in total. The van der Waals surface area contributed by atoms with Gasteiger partial charge in [-0.3, -0.25) is 9.59 Å². The van der Waals surface area contributed by atoms with Gasteiger partial charge in [0.1, 0.15) is 0 Å². The molecule has 0 saturated carbocycles. The van der Waals surface area contributed by atoms with E-state index in [4.69, 9.17) is 4.74 Å². The van der Waals surface area contributed by atoms with E-state index >= 15 is 0 Å². The molecule has 0 fully saturated rings. The second-order valence-corrected chi connectivity index (χ2v) is 3.56. The molecule has 0 spiro atoms. The first-order valence-corrected chi connectivity index (χ1v) is 5.58. The maximum atomic E-state index is 11.7. The zero-order valence-corrected chi connectivity index (χ0v) is 9.94. The summed E-state index contributed by atoms with van der Waals surface area (Å²) in [7, 11) is 0. The van der Waals surface area contributed by atoms with E-state index in [1.54, 1.807) is 24.3 Å². The number of hydrogen-bond acceptors (Lipinski definition) is 3. The van der Waals surface area contributed by atoms with Crippen molar-refractivity contribution >= 4 is 11.6 Å². The van der Waals surface area contributed by atoms with Crippen LogP contribution in [0.15, 0.2) is 37.1 Å². The number of benzene rings is 1. The molecule has 0 radical (unpaired) electrons. The van der Waals surface area contributed by atoms with Crippen LogP contribution in [0.5, 0.6) is 0 Å². The van der Waals surface area contributed by atoms with Crippen LogP contribution in [0, 0.1) is 0 Å². The largest absolute Gasteiger partial charge is 0.501 e. The summed E-state index contributed by atoms with van der Waals surface area (Å²) in [6.45, 7) is 5.54. The fraction of sp³-hybridized carbons (Fsp3) is 0.286. The molecule has 0 saturated heterocycles. The quantitative estimate of drug-likeness (QED) is 0.412. The third-order valence-corrected chi connectivity index (χ3v) is 2.41. The molecule has 0 aliphatic heterocycles. The van der Waals surface area contributed by atoms with Gasteiger partial charge in [0.2, 0.25) is 0 Å². The standard InChI is InChI=1S/C14H16O3/c1-3-13(15)11-5-7-12(8-6-11)14(16)9-10-17-4-2/h4-8H,2-3,9-10H2,1H3. The van der Waals surface area contributed by atoms with E-state index in [2.05, 4.69) is 6.58 Å². The van der Waals surface area contributed by atoms with Gasteiger partial charge < -0.3 is 4.74 Å². The highest BCUT2D eigenvalue weighted by atomic mass is 16.5. The van der Waals surface area contributed by atoms with Crippen LogP contribution in [0.1, 0.15) is 40.5 Å². The van der Waals surface area contributed by atoms with Gasteiger partial charge in [-0.15, -0.1) is 0 Å². The molecule has 3 heteroatoms. The second kappa shape index (κ2) is 6.63. The molecule has 0 unspecified atom stereocenters. The molecule has 1 rings (SSSR count). The fourth-order valence-corrected chi connectivity index (χ4v) is 1.43. The third kappa shape index (κ3) is 3.87. The van der Waals surface area contributed by atoms with Crippen molar-refractivity contribution in [2.45, 2.75) is 19.8 Å². The summed E-state index contributed by atoms with van der Waals surface area (Å²) in [5.41, 5.74) is 1.25. The predicted molar refractivity (Wildman–Crippen MR) is 66.2 cm³/mol. The van der Waals surface area contributed by atoms with E-state index < -0.39 is 0 Å². The van der Waals surface area contributed by atoms with Gasteiger partial charge in [0.25, 0.3) is 0 Å². The van der Waals surface area contributed by atoms with Crippen LogP contribution in [0.3, 0.4) is 0 Å². The molecule has 0 heterocycles. The SMILES string of the molecule is C=COCCC(=O)c1ccc(C(=O)CC)cc1. The minimum atomic E-state index is 0.00217. The Hall–Kier alpha value is -1.90. The minimum Gasteiger partial charge on any atom is -0.501 e. The summed E-state index contributed by atoms with van der Waals surface area (Å²) in [5.74, 6) is 0.0846. The lowest BCUT2D eigenvalue weighted by atomic mass is 10.0. The summed E-state index contributed by atoms with van der Waals surface area (Å²) in [6, 6.07) is 6.74. The Morgan fingerprint density at radius 3 is 2.18 bits per heavy atom. The van der Waals surface area contributed by atoms with Crippen molar-refractivity contribution in [2.75, 3.05) is 6.61 Å². The molecule has 0 amide bonds. The van der Waals surface area contributed by atoms with Gasteiger partial charge in [-0.05, 0) is 0 Å². The van der Waals surface area contributed by atoms with Gasteiger partial charge in [-0.25, -0.2) is 0 Å². The average Bonchev–Trinajstić information content (AvgIpc) is 2.38. The number of carbonyl (C=O) groups excluding carboxylic acids is 2. The van der Waals surface area contributed by atoms with Crippen molar-refractivity contribution in [3.8, 4) is 0 Å². The number of carbonyl (C=O) groups is 2. The molecule has 1 aromatic rings. The number of ketones is 2. The highest BCUT2D eigenvalue weighted by molar-refractivity contribution is 5.99. The van der Waals surface area contributed by atoms with Crippen molar-refractivity contribution in [3.63, 3.8) is 0 Å². The van der Waals surface area contributed by atoms with Crippen molar-refractivity contribution in [1.82, 2.24) is 0 Å². The van der Waals surface area contributed by atoms with Gasteiger partial charge in [0, 0.05) is 24.0 Å². The van der Waals surface area contributed by atoms with Crippen molar-refractivity contribution in [2.24, 2.45) is 0 Å². The highest BCUT2D eigenvalue weighted by Crippen LogP contribution is 2.09. The van der Waals surface area contributed by atoms with E-state index in [9.17, 15) is 9.59 Å². The smallest absolute Gasteiger partial charge is 0.166 e. The van der Waals surface area contributed by atoms with Gasteiger partial charge in [-0.2, -0.15) is 0 Å². The normalized spacial score (nSPS) is 9.71. The highest BCUT2D eigenvalue weighted by Gasteiger charge is 2.07. The van der Waals surface area contributed by atoms with Crippen molar-refractivity contribution in [1.29, 1.82) is 0 Å². The Kier molecular flexibility index (Phi) is 5.14. The third-order valence-electron chi connectivity index (χ3n) is 2.41. The number of Topliss-reactive ketones (excluding diaryl/α,β-unsaturated/α-hetero) is 2. The van der Waals surface area contributed by atoms with Gasteiger partial charge in [0.15, 0.2) is 11.6 Å². The lowest BCUT2D eigenvalue weighted by molar-refractivity contribution is 0.0946. The van der Waals surface area contributed by atoms with E-state index in [-0.39, 0.29) is 11.6 Å². The number of ether oxygens (including phenoxy) is 1. The van der Waals surface area contributed by atoms with E-state index in [1.165, 1.54) is 6.26 Å². The summed E-state index contributed by atoms with van der Waals surface area (Å²) < 4.78 is 4.89. The molecule has 0 bridgehead atoms. The first kappa shape index (κ1) is 13.2. The van der Waals surface area contributed by atoms with Gasteiger partial charge in [-0.1, -0.05) is 37.8 Å². The second-order valence-electron chi connectivity index (χ2n) is 3.56. The summed E-state index contributed by atoms with van der Waals surface area (Å²) in [4.78, 5) is 23.1. The molecule has 1 aromatic carbocycles. The molecule has 90 valence electrons. The molecular formula is C14H16O3. The lowest BCUT2D eigenvalue weighted by Gasteiger charge is -2.02. The maximum Gasteiger partial charge on any atom is 0.166 e. The van der Waals surface area contributed by atoms with E-state index in [0.717, 1.165) is 0 Å². The van der Waals surface area contributed by atoms with E-state index in [0.29, 0.717) is 30.6 Å². The molecule has 0 atom stereocenters. The Bertz CT molecular complexity index is 404. The Morgan fingerprint density at radius 1 is 1.18 bits per heavy atom. The van der Waals surface area contributed by atoms with Crippen LogP contribution >= 0.6 is 0 Å². The summed E-state index contributed by atoms with van der Waals surface area (Å²) >= 11 is 0. The Balaban J connectivity index is 2.63. The number of rotatable bonds is 7. The van der Waals surface area contributed by atoms with Crippen LogP contribution in [0.4, 0.5) is 0 Å². The predicted octanol–water partition coefficient (Wildman–Crippen LogP) is 3.01. The zero-order chi connectivity index (χ0) is 12.7. The average molecular weight is 232 g/mol. The van der Waals surface area contributed by atoms with E-state index in [1.807, 2.05) is 6.92 Å². The molecule has 0 aromatic heterocycles. The lowest BCUT2D eigenvalue weighted by Crippen LogP contribution is -2.04. The molecule has 0 aliphatic rings. The number of hydrogen-bond donors (Lipinski definition) is 0. The first-order chi connectivity index (χ1) is 8.19. The van der Waals surface area contributed by atoms with Gasteiger partial charge in [0.05, 0.1) is 12.9 Å². The minimum absolute atomic E-state index is 0.00217. The first-order valence-electron chi connectivity index (χ1n) is 5.58. The molecule has 17 heavy (non-hydrogen) atoms. The van der Waals surface area contributed by atoms with Crippen molar-refractivity contribution in [3.05, 3.63) is 48.2 Å². The van der Waals surface area contributed by atoms with Crippen LogP contribution in [-0.2, 0) is 4.74 Å². The maximum absolute atomic E-state index is 11.7. The summed E-state index contributed by atoms with van der Waals surface area (Å²) in [6.07, 6.45) is 2.10. The monoisotopic (exact) mass is 232 g/mol. The Labute approximate surface area is 101 Å². The zero-order valence-electron chi connectivity index (χ0n) is 9.94. The molecule has 0 aliphatic carbocycles.